The molecule has 4 heteroatoms. The number of methoxy groups -OCH3 is 1. The van der Waals surface area contributed by atoms with Crippen LogP contribution in [0.3, 0.4) is 0 Å². The molecule has 0 unspecified atom stereocenters. The summed E-state index contributed by atoms with van der Waals surface area (Å²) in [5.74, 6) is 0.878. The van der Waals surface area contributed by atoms with E-state index in [0.717, 1.165) is 12.1 Å². The number of ether oxygens (including phenoxy) is 1. The van der Waals surface area contributed by atoms with Gasteiger partial charge in [-0.05, 0) is 23.6 Å². The first-order chi connectivity index (χ1) is 8.98. The standard InChI is InChI=1S/C15H20N2O2/c1-11(2)15(18)9-17(10-15)8-12-4-5-14(19-3)13(6-12)7-16/h4-6,11,18H,8-10H2,1-3H3. The van der Waals surface area contributed by atoms with Crippen LogP contribution in [0.25, 0.3) is 0 Å². The second kappa shape index (κ2) is 5.20. The second-order valence-electron chi connectivity index (χ2n) is 5.55. The van der Waals surface area contributed by atoms with Crippen LogP contribution in [0.2, 0.25) is 0 Å². The third-order valence-electron chi connectivity index (χ3n) is 3.86. The van der Waals surface area contributed by atoms with Crippen LogP contribution in [0.1, 0.15) is 25.0 Å². The van der Waals surface area contributed by atoms with Crippen molar-refractivity contribution >= 4 is 0 Å². The topological polar surface area (TPSA) is 56.5 Å². The highest BCUT2D eigenvalue weighted by Gasteiger charge is 2.43. The molecule has 1 fully saturated rings. The van der Waals surface area contributed by atoms with E-state index in [4.69, 9.17) is 10.00 Å². The van der Waals surface area contributed by atoms with E-state index in [-0.39, 0.29) is 5.92 Å². The fourth-order valence-corrected chi connectivity index (χ4v) is 2.40. The Morgan fingerprint density at radius 2 is 2.16 bits per heavy atom. The molecular weight excluding hydrogens is 240 g/mol. The lowest BCUT2D eigenvalue weighted by Gasteiger charge is -2.49. The number of nitrogens with zero attached hydrogens (tertiary/aromatic N) is 2. The molecule has 0 bridgehead atoms. The highest BCUT2D eigenvalue weighted by atomic mass is 16.5. The van der Waals surface area contributed by atoms with Crippen molar-refractivity contribution in [2.45, 2.75) is 26.0 Å². The monoisotopic (exact) mass is 260 g/mol. The molecule has 1 aromatic rings. The minimum atomic E-state index is -0.551. The minimum absolute atomic E-state index is 0.272. The molecule has 4 nitrogen and oxygen atoms in total. The van der Waals surface area contributed by atoms with Crippen molar-refractivity contribution in [2.75, 3.05) is 20.2 Å². The predicted octanol–water partition coefficient (Wildman–Crippen LogP) is 1.77. The molecule has 2 rings (SSSR count). The summed E-state index contributed by atoms with van der Waals surface area (Å²) in [6.07, 6.45) is 0. The Morgan fingerprint density at radius 1 is 1.47 bits per heavy atom. The predicted molar refractivity (Wildman–Crippen MR) is 72.8 cm³/mol. The Kier molecular flexibility index (Phi) is 3.79. The van der Waals surface area contributed by atoms with E-state index < -0.39 is 5.60 Å². The molecular formula is C15H20N2O2. The van der Waals surface area contributed by atoms with Crippen molar-refractivity contribution in [3.63, 3.8) is 0 Å². The van der Waals surface area contributed by atoms with Crippen molar-refractivity contribution in [2.24, 2.45) is 5.92 Å². The molecule has 0 atom stereocenters. The summed E-state index contributed by atoms with van der Waals surface area (Å²) in [5.41, 5.74) is 1.08. The summed E-state index contributed by atoms with van der Waals surface area (Å²) >= 11 is 0. The molecule has 0 amide bonds. The molecule has 0 aliphatic carbocycles. The molecule has 1 heterocycles. The van der Waals surface area contributed by atoms with Gasteiger partial charge in [0.1, 0.15) is 11.8 Å². The smallest absolute Gasteiger partial charge is 0.136 e. The summed E-state index contributed by atoms with van der Waals surface area (Å²) in [7, 11) is 1.56. The van der Waals surface area contributed by atoms with Gasteiger partial charge >= 0.3 is 0 Å². The number of hydrogen-bond acceptors (Lipinski definition) is 4. The SMILES string of the molecule is COc1ccc(CN2CC(O)(C(C)C)C2)cc1C#N. The lowest BCUT2D eigenvalue weighted by Crippen LogP contribution is -2.63. The highest BCUT2D eigenvalue weighted by Crippen LogP contribution is 2.30. The number of aliphatic hydroxyl groups is 1. The number of nitriles is 1. The molecule has 1 saturated heterocycles. The van der Waals surface area contributed by atoms with Crippen LogP contribution < -0.4 is 4.74 Å². The van der Waals surface area contributed by atoms with Gasteiger partial charge in [0.15, 0.2) is 0 Å². The molecule has 0 saturated carbocycles. The van der Waals surface area contributed by atoms with E-state index in [2.05, 4.69) is 11.0 Å². The van der Waals surface area contributed by atoms with Gasteiger partial charge in [0, 0.05) is 19.6 Å². The third kappa shape index (κ3) is 2.73. The third-order valence-corrected chi connectivity index (χ3v) is 3.86. The highest BCUT2D eigenvalue weighted by molar-refractivity contribution is 5.45. The van der Waals surface area contributed by atoms with E-state index in [1.165, 1.54) is 0 Å². The molecule has 0 spiro atoms. The van der Waals surface area contributed by atoms with Gasteiger partial charge in [-0.3, -0.25) is 4.90 Å². The van der Waals surface area contributed by atoms with E-state index in [9.17, 15) is 5.11 Å². The summed E-state index contributed by atoms with van der Waals surface area (Å²) < 4.78 is 5.12. The number of likely N-dealkylation sites (tertiary alicyclic amines) is 1. The Hall–Kier alpha value is -1.57. The van der Waals surface area contributed by atoms with Crippen LogP contribution >= 0.6 is 0 Å². The van der Waals surface area contributed by atoms with Gasteiger partial charge in [-0.25, -0.2) is 0 Å². The maximum atomic E-state index is 10.2. The summed E-state index contributed by atoms with van der Waals surface area (Å²) in [4.78, 5) is 2.18. The average Bonchev–Trinajstić information content (AvgIpc) is 2.36. The molecule has 102 valence electrons. The van der Waals surface area contributed by atoms with Crippen LogP contribution in [0.4, 0.5) is 0 Å². The van der Waals surface area contributed by atoms with Crippen LogP contribution in [0.15, 0.2) is 18.2 Å². The minimum Gasteiger partial charge on any atom is -0.495 e. The number of β-amino-alcohol motifs (C(OH)–C–C–N with tert-alkyl or cyclic N) is 1. The zero-order valence-corrected chi connectivity index (χ0v) is 11.7. The quantitative estimate of drug-likeness (QED) is 0.896. The first-order valence-corrected chi connectivity index (χ1v) is 6.50. The Bertz CT molecular complexity index is 499. The molecule has 0 radical (unpaired) electrons. The van der Waals surface area contributed by atoms with Gasteiger partial charge in [-0.1, -0.05) is 19.9 Å². The summed E-state index contributed by atoms with van der Waals surface area (Å²) in [6, 6.07) is 7.78. The first kappa shape index (κ1) is 13.9. The van der Waals surface area contributed by atoms with Crippen molar-refractivity contribution < 1.29 is 9.84 Å². The number of benzene rings is 1. The van der Waals surface area contributed by atoms with Gasteiger partial charge in [0.25, 0.3) is 0 Å². The van der Waals surface area contributed by atoms with Crippen molar-refractivity contribution in [1.29, 1.82) is 5.26 Å². The zero-order valence-electron chi connectivity index (χ0n) is 11.7. The zero-order chi connectivity index (χ0) is 14.0. The lowest BCUT2D eigenvalue weighted by molar-refractivity contribution is -0.130. The Labute approximate surface area is 114 Å². The molecule has 1 aliphatic rings. The van der Waals surface area contributed by atoms with Crippen LogP contribution in [-0.4, -0.2) is 35.8 Å². The van der Waals surface area contributed by atoms with Gasteiger partial charge in [0.05, 0.1) is 18.3 Å². The van der Waals surface area contributed by atoms with Gasteiger partial charge in [-0.15, -0.1) is 0 Å². The maximum Gasteiger partial charge on any atom is 0.136 e. The normalized spacial score (nSPS) is 17.9. The Morgan fingerprint density at radius 3 is 2.68 bits per heavy atom. The van der Waals surface area contributed by atoms with Crippen molar-refractivity contribution in [3.8, 4) is 11.8 Å². The van der Waals surface area contributed by atoms with Crippen molar-refractivity contribution in [3.05, 3.63) is 29.3 Å². The maximum absolute atomic E-state index is 10.2. The molecule has 19 heavy (non-hydrogen) atoms. The van der Waals surface area contributed by atoms with E-state index in [1.54, 1.807) is 7.11 Å². The first-order valence-electron chi connectivity index (χ1n) is 6.50. The van der Waals surface area contributed by atoms with Crippen LogP contribution in [0.5, 0.6) is 5.75 Å². The second-order valence-corrected chi connectivity index (χ2v) is 5.55. The number of hydrogen-bond donors (Lipinski definition) is 1. The largest absolute Gasteiger partial charge is 0.495 e. The van der Waals surface area contributed by atoms with Crippen LogP contribution in [0, 0.1) is 17.2 Å². The molecule has 1 aliphatic heterocycles. The van der Waals surface area contributed by atoms with Crippen LogP contribution in [-0.2, 0) is 6.54 Å². The van der Waals surface area contributed by atoms with Gasteiger partial charge in [-0.2, -0.15) is 5.26 Å². The fraction of sp³-hybridized carbons (Fsp3) is 0.533. The molecule has 0 aromatic heterocycles. The van der Waals surface area contributed by atoms with Gasteiger partial charge < -0.3 is 9.84 Å². The average molecular weight is 260 g/mol. The molecule has 1 aromatic carbocycles. The van der Waals surface area contributed by atoms with Crippen molar-refractivity contribution in [1.82, 2.24) is 4.90 Å². The van der Waals surface area contributed by atoms with E-state index in [1.807, 2.05) is 32.0 Å². The Balaban J connectivity index is 2.01. The summed E-state index contributed by atoms with van der Waals surface area (Å²) in [5, 5.41) is 19.3. The summed E-state index contributed by atoms with van der Waals surface area (Å²) in [6.45, 7) is 6.22. The van der Waals surface area contributed by atoms with Gasteiger partial charge in [0.2, 0.25) is 0 Å². The molecule has 1 N–H and O–H groups in total. The number of rotatable bonds is 4. The van der Waals surface area contributed by atoms with E-state index in [0.29, 0.717) is 24.4 Å². The lowest BCUT2D eigenvalue weighted by atomic mass is 9.83. The van der Waals surface area contributed by atoms with E-state index >= 15 is 0 Å². The fourth-order valence-electron chi connectivity index (χ4n) is 2.40.